The zero-order chi connectivity index (χ0) is 22.3. The fourth-order valence-corrected chi connectivity index (χ4v) is 4.89. The van der Waals surface area contributed by atoms with Crippen molar-refractivity contribution in [1.29, 1.82) is 0 Å². The number of nitrogens with zero attached hydrogens (tertiary/aromatic N) is 4. The minimum absolute atomic E-state index is 0.0231. The molecule has 32 heavy (non-hydrogen) atoms. The lowest BCUT2D eigenvalue weighted by Gasteiger charge is -2.44. The molecular weight excluding hydrogens is 408 g/mol. The van der Waals surface area contributed by atoms with Crippen LogP contribution in [0.4, 0.5) is 0 Å². The fourth-order valence-electron chi connectivity index (χ4n) is 4.89. The Labute approximate surface area is 186 Å². The summed E-state index contributed by atoms with van der Waals surface area (Å²) in [5.41, 5.74) is 0.0587. The smallest absolute Gasteiger partial charge is 0.274 e. The Bertz CT molecular complexity index is 1040. The number of rotatable bonds is 6. The molecule has 5 rings (SSSR count). The van der Waals surface area contributed by atoms with E-state index in [1.54, 1.807) is 15.7 Å². The van der Waals surface area contributed by atoms with Crippen molar-refractivity contribution in [2.45, 2.75) is 76.2 Å². The number of aromatic nitrogens is 3. The first kappa shape index (κ1) is 20.7. The molecule has 0 spiro atoms. The number of imidazole rings is 1. The van der Waals surface area contributed by atoms with Crippen molar-refractivity contribution in [3.05, 3.63) is 47.8 Å². The van der Waals surface area contributed by atoms with Gasteiger partial charge in [-0.1, -0.05) is 18.9 Å². The maximum Gasteiger partial charge on any atom is 0.274 e. The van der Waals surface area contributed by atoms with Gasteiger partial charge in [-0.2, -0.15) is 0 Å². The van der Waals surface area contributed by atoms with E-state index in [-0.39, 0.29) is 48.4 Å². The van der Waals surface area contributed by atoms with Crippen molar-refractivity contribution in [2.24, 2.45) is 0 Å². The van der Waals surface area contributed by atoms with Gasteiger partial charge in [0, 0.05) is 18.3 Å². The number of carbonyl (C=O) groups is 3. The average Bonchev–Trinajstić information content (AvgIpc) is 3.30. The normalized spacial score (nSPS) is 23.2. The topological polar surface area (TPSA) is 109 Å². The monoisotopic (exact) mass is 436 g/mol. The molecule has 2 saturated carbocycles. The van der Waals surface area contributed by atoms with Gasteiger partial charge in [0.15, 0.2) is 5.69 Å². The zero-order valence-corrected chi connectivity index (χ0v) is 18.2. The first-order valence-electron chi connectivity index (χ1n) is 11.4. The molecule has 1 aliphatic heterocycles. The summed E-state index contributed by atoms with van der Waals surface area (Å²) in [4.78, 5) is 50.0. The third-order valence-corrected chi connectivity index (χ3v) is 6.73. The molecule has 0 saturated heterocycles. The van der Waals surface area contributed by atoms with Crippen LogP contribution >= 0.6 is 0 Å². The van der Waals surface area contributed by atoms with Crippen LogP contribution in [0.1, 0.15) is 72.1 Å². The van der Waals surface area contributed by atoms with Crippen molar-refractivity contribution in [3.63, 3.8) is 0 Å². The molecule has 168 valence electrons. The van der Waals surface area contributed by atoms with Crippen LogP contribution in [0.5, 0.6) is 0 Å². The van der Waals surface area contributed by atoms with Gasteiger partial charge in [0.2, 0.25) is 5.91 Å². The maximum absolute atomic E-state index is 13.6. The molecule has 0 aromatic carbocycles. The Hall–Kier alpha value is -3.23. The summed E-state index contributed by atoms with van der Waals surface area (Å²) in [5.74, 6) is -0.846. The predicted octanol–water partition coefficient (Wildman–Crippen LogP) is 1.64. The predicted molar refractivity (Wildman–Crippen MR) is 116 cm³/mol. The molecule has 2 fully saturated rings. The molecule has 2 aromatic rings. The van der Waals surface area contributed by atoms with E-state index < -0.39 is 11.4 Å². The third-order valence-electron chi connectivity index (χ3n) is 6.73. The lowest BCUT2D eigenvalue weighted by atomic mass is 9.93. The first-order chi connectivity index (χ1) is 15.5. The molecule has 3 aliphatic rings. The molecule has 9 heteroatoms. The summed E-state index contributed by atoms with van der Waals surface area (Å²) in [5, 5.41) is 5.96. The lowest BCUT2D eigenvalue weighted by molar-refractivity contribution is -0.134. The molecule has 9 nitrogen and oxygen atoms in total. The highest BCUT2D eigenvalue weighted by molar-refractivity contribution is 6.07. The van der Waals surface area contributed by atoms with Crippen LogP contribution in [0.15, 0.2) is 30.7 Å². The number of pyridine rings is 1. The number of fused-ring (bicyclic) bond motifs is 1. The van der Waals surface area contributed by atoms with E-state index in [0.29, 0.717) is 0 Å². The van der Waals surface area contributed by atoms with Gasteiger partial charge in [-0.15, -0.1) is 0 Å². The Balaban J connectivity index is 1.39. The van der Waals surface area contributed by atoms with Crippen molar-refractivity contribution in [3.8, 4) is 0 Å². The Kier molecular flexibility index (Phi) is 5.19. The number of hydrogen-bond donors (Lipinski definition) is 2. The highest BCUT2D eigenvalue weighted by Crippen LogP contribution is 2.39. The second kappa shape index (κ2) is 8.03. The van der Waals surface area contributed by atoms with Crippen molar-refractivity contribution < 1.29 is 14.4 Å². The molecular formula is C23H28N6O3. The Morgan fingerprint density at radius 3 is 2.62 bits per heavy atom. The molecule has 3 amide bonds. The van der Waals surface area contributed by atoms with E-state index >= 15 is 0 Å². The zero-order valence-electron chi connectivity index (χ0n) is 18.2. The van der Waals surface area contributed by atoms with E-state index in [2.05, 4.69) is 20.6 Å². The van der Waals surface area contributed by atoms with E-state index in [1.807, 2.05) is 25.1 Å². The highest BCUT2D eigenvalue weighted by Gasteiger charge is 2.54. The van der Waals surface area contributed by atoms with Gasteiger partial charge in [0.05, 0.1) is 25.1 Å². The molecule has 2 N–H and O–H groups in total. The number of nitrogens with one attached hydrogen (secondary N) is 2. The van der Waals surface area contributed by atoms with E-state index in [4.69, 9.17) is 0 Å². The number of amides is 3. The second-order valence-corrected chi connectivity index (χ2v) is 9.21. The van der Waals surface area contributed by atoms with Crippen LogP contribution in [0.2, 0.25) is 0 Å². The van der Waals surface area contributed by atoms with Gasteiger partial charge in [0.25, 0.3) is 11.8 Å². The fraction of sp³-hybridized carbons (Fsp3) is 0.522. The Morgan fingerprint density at radius 2 is 1.94 bits per heavy atom. The average molecular weight is 437 g/mol. The minimum atomic E-state index is -1.00. The standard InChI is InChI=1S/C23H28N6O3/c1-23(22(32)27-15-6-2-3-7-15)13-28-14-26-18(19(28)21(31)29(23)17-9-10-17)20(30)25-12-16-8-4-5-11-24-16/h4-5,8,11,14-15,17H,2-3,6-7,9-10,12-13H2,1H3,(H,25,30)(H,27,32)/t23-/m0/s1. The van der Waals surface area contributed by atoms with Gasteiger partial charge >= 0.3 is 0 Å². The molecule has 2 aromatic heterocycles. The summed E-state index contributed by atoms with van der Waals surface area (Å²) in [6, 6.07) is 5.67. The van der Waals surface area contributed by atoms with Gasteiger partial charge in [-0.25, -0.2) is 4.98 Å². The van der Waals surface area contributed by atoms with Crippen LogP contribution in [0.3, 0.4) is 0 Å². The second-order valence-electron chi connectivity index (χ2n) is 9.21. The van der Waals surface area contributed by atoms with Crippen molar-refractivity contribution in [1.82, 2.24) is 30.1 Å². The maximum atomic E-state index is 13.6. The van der Waals surface area contributed by atoms with Gasteiger partial charge in [-0.3, -0.25) is 19.4 Å². The van der Waals surface area contributed by atoms with Gasteiger partial charge in [0.1, 0.15) is 11.2 Å². The van der Waals surface area contributed by atoms with Crippen molar-refractivity contribution >= 4 is 17.7 Å². The first-order valence-corrected chi connectivity index (χ1v) is 11.4. The molecule has 2 aliphatic carbocycles. The molecule has 0 unspecified atom stereocenters. The summed E-state index contributed by atoms with van der Waals surface area (Å²) < 4.78 is 1.66. The van der Waals surface area contributed by atoms with Crippen LogP contribution in [-0.4, -0.2) is 54.8 Å². The van der Waals surface area contributed by atoms with Crippen LogP contribution in [0, 0.1) is 0 Å². The summed E-state index contributed by atoms with van der Waals surface area (Å²) >= 11 is 0. The molecule has 0 bridgehead atoms. The summed E-state index contributed by atoms with van der Waals surface area (Å²) in [7, 11) is 0. The molecule has 1 atom stereocenters. The Morgan fingerprint density at radius 1 is 1.16 bits per heavy atom. The third kappa shape index (κ3) is 3.65. The van der Waals surface area contributed by atoms with Crippen molar-refractivity contribution in [2.75, 3.05) is 0 Å². The van der Waals surface area contributed by atoms with E-state index in [9.17, 15) is 14.4 Å². The largest absolute Gasteiger partial charge is 0.351 e. The number of carbonyl (C=O) groups excluding carboxylic acids is 3. The number of hydrogen-bond acceptors (Lipinski definition) is 5. The van der Waals surface area contributed by atoms with Crippen LogP contribution < -0.4 is 10.6 Å². The molecule has 3 heterocycles. The minimum Gasteiger partial charge on any atom is -0.351 e. The van der Waals surface area contributed by atoms with Gasteiger partial charge < -0.3 is 20.1 Å². The van der Waals surface area contributed by atoms with E-state index in [1.165, 1.54) is 6.33 Å². The quantitative estimate of drug-likeness (QED) is 0.716. The SMILES string of the molecule is C[C@@]1(C(=O)NC2CCCC2)Cn2cnc(C(=O)NCc3ccccn3)c2C(=O)N1C1CC1. The highest BCUT2D eigenvalue weighted by atomic mass is 16.2. The van der Waals surface area contributed by atoms with E-state index in [0.717, 1.165) is 44.2 Å². The summed E-state index contributed by atoms with van der Waals surface area (Å²) in [6.45, 7) is 2.36. The van der Waals surface area contributed by atoms with Gasteiger partial charge in [-0.05, 0) is 44.7 Å². The molecule has 0 radical (unpaired) electrons. The van der Waals surface area contributed by atoms with Crippen LogP contribution in [-0.2, 0) is 17.9 Å². The lowest BCUT2D eigenvalue weighted by Crippen LogP contribution is -2.65. The summed E-state index contributed by atoms with van der Waals surface area (Å²) in [6.07, 6.45) is 9.10. The van der Waals surface area contributed by atoms with Crippen LogP contribution in [0.25, 0.3) is 0 Å².